The first-order valence-corrected chi connectivity index (χ1v) is 8.15. The number of nitrogens with zero attached hydrogens (tertiary/aromatic N) is 1. The number of rotatable bonds is 4. The van der Waals surface area contributed by atoms with Crippen molar-refractivity contribution in [2.75, 3.05) is 37.4 Å². The van der Waals surface area contributed by atoms with Crippen LogP contribution in [0.5, 0.6) is 0 Å². The molecule has 20 heavy (non-hydrogen) atoms. The van der Waals surface area contributed by atoms with Gasteiger partial charge < -0.3 is 15.4 Å². The van der Waals surface area contributed by atoms with Crippen LogP contribution in [-0.2, 0) is 14.8 Å². The van der Waals surface area contributed by atoms with Crippen LogP contribution < -0.4 is 15.4 Å². The predicted octanol–water partition coefficient (Wildman–Crippen LogP) is 0.792. The summed E-state index contributed by atoms with van der Waals surface area (Å²) in [7, 11) is -2.14. The summed E-state index contributed by atoms with van der Waals surface area (Å²) in [6, 6.07) is 5.38. The quantitative estimate of drug-likeness (QED) is 0.803. The molecule has 6 nitrogen and oxygen atoms in total. The molecule has 2 rings (SSSR count). The monoisotopic (exact) mass is 299 g/mol. The van der Waals surface area contributed by atoms with Gasteiger partial charge in [-0.05, 0) is 31.7 Å². The van der Waals surface area contributed by atoms with E-state index >= 15 is 0 Å². The summed E-state index contributed by atoms with van der Waals surface area (Å²) in [4.78, 5) is 2.33. The number of hydrogen-bond acceptors (Lipinski definition) is 5. The molecule has 0 aromatic heterocycles. The highest BCUT2D eigenvalue weighted by molar-refractivity contribution is 7.89. The lowest BCUT2D eigenvalue weighted by molar-refractivity contribution is 0.0930. The van der Waals surface area contributed by atoms with Crippen LogP contribution >= 0.6 is 0 Å². The number of anilines is 2. The van der Waals surface area contributed by atoms with Crippen LogP contribution in [0.15, 0.2) is 23.1 Å². The van der Waals surface area contributed by atoms with Crippen LogP contribution in [0.3, 0.4) is 0 Å². The Morgan fingerprint density at radius 3 is 2.85 bits per heavy atom. The molecule has 1 aromatic carbocycles. The number of nitrogens with one attached hydrogen (secondary N) is 1. The lowest BCUT2D eigenvalue weighted by Crippen LogP contribution is -2.45. The molecule has 0 aliphatic carbocycles. The number of morpholine rings is 1. The van der Waals surface area contributed by atoms with Crippen LogP contribution in [0.1, 0.15) is 13.3 Å². The van der Waals surface area contributed by atoms with E-state index in [4.69, 9.17) is 10.5 Å². The molecule has 3 N–H and O–H groups in total. The fourth-order valence-electron chi connectivity index (χ4n) is 2.40. The van der Waals surface area contributed by atoms with Crippen molar-refractivity contribution in [3.05, 3.63) is 18.2 Å². The molecule has 1 heterocycles. The van der Waals surface area contributed by atoms with Crippen molar-refractivity contribution in [1.82, 2.24) is 4.72 Å². The first-order chi connectivity index (χ1) is 9.49. The molecule has 0 saturated carbocycles. The van der Waals surface area contributed by atoms with Gasteiger partial charge in [0.05, 0.1) is 24.9 Å². The number of ether oxygens (including phenoxy) is 1. The van der Waals surface area contributed by atoms with Crippen molar-refractivity contribution in [3.63, 3.8) is 0 Å². The van der Waals surface area contributed by atoms with Gasteiger partial charge in [0.15, 0.2) is 0 Å². The maximum atomic E-state index is 11.8. The van der Waals surface area contributed by atoms with Crippen molar-refractivity contribution in [2.24, 2.45) is 0 Å². The SMILES string of the molecule is CCC1COCCN1c1ccc(S(=O)(=O)NC)c(N)c1. The summed E-state index contributed by atoms with van der Waals surface area (Å²) in [6.45, 7) is 4.26. The number of hydrogen-bond donors (Lipinski definition) is 2. The standard InChI is InChI=1S/C13H21N3O3S/c1-3-10-9-19-7-6-16(10)11-4-5-13(12(14)8-11)20(17,18)15-2/h4-5,8,10,15H,3,6-7,9,14H2,1-2H3. The molecule has 112 valence electrons. The molecule has 7 heteroatoms. The molecule has 0 radical (unpaired) electrons. The van der Waals surface area contributed by atoms with E-state index < -0.39 is 10.0 Å². The highest BCUT2D eigenvalue weighted by Gasteiger charge is 2.23. The average Bonchev–Trinajstić information content (AvgIpc) is 2.46. The van der Waals surface area contributed by atoms with Gasteiger partial charge in [-0.3, -0.25) is 0 Å². The summed E-state index contributed by atoms with van der Waals surface area (Å²) in [5.41, 5.74) is 7.10. The van der Waals surface area contributed by atoms with Gasteiger partial charge in [0.2, 0.25) is 10.0 Å². The highest BCUT2D eigenvalue weighted by atomic mass is 32.2. The Labute approximate surface area is 120 Å². The maximum Gasteiger partial charge on any atom is 0.242 e. The van der Waals surface area contributed by atoms with Crippen molar-refractivity contribution in [1.29, 1.82) is 0 Å². The van der Waals surface area contributed by atoms with E-state index in [1.54, 1.807) is 18.2 Å². The Morgan fingerprint density at radius 2 is 2.25 bits per heavy atom. The molecule has 1 aromatic rings. The Balaban J connectivity index is 2.33. The summed E-state index contributed by atoms with van der Waals surface area (Å²) in [6.07, 6.45) is 0.969. The summed E-state index contributed by atoms with van der Waals surface area (Å²) in [5, 5.41) is 0. The van der Waals surface area contributed by atoms with E-state index in [1.807, 2.05) is 0 Å². The van der Waals surface area contributed by atoms with Crippen LogP contribution in [0.4, 0.5) is 11.4 Å². The highest BCUT2D eigenvalue weighted by Crippen LogP contribution is 2.27. The first-order valence-electron chi connectivity index (χ1n) is 6.67. The molecule has 1 aliphatic rings. The third-order valence-electron chi connectivity index (χ3n) is 3.58. The lowest BCUT2D eigenvalue weighted by atomic mass is 10.1. The van der Waals surface area contributed by atoms with E-state index in [0.717, 1.165) is 18.7 Å². The molecule has 0 amide bonds. The third kappa shape index (κ3) is 2.89. The van der Waals surface area contributed by atoms with E-state index in [1.165, 1.54) is 7.05 Å². The molecule has 1 saturated heterocycles. The second-order valence-electron chi connectivity index (χ2n) is 4.76. The van der Waals surface area contributed by atoms with Gasteiger partial charge in [-0.15, -0.1) is 0 Å². The molecule has 1 unspecified atom stereocenters. The molecular weight excluding hydrogens is 278 g/mol. The minimum atomic E-state index is -3.51. The summed E-state index contributed by atoms with van der Waals surface area (Å²) in [5.74, 6) is 0. The molecular formula is C13H21N3O3S. The van der Waals surface area contributed by atoms with Gasteiger partial charge in [0.25, 0.3) is 0 Å². The maximum absolute atomic E-state index is 11.8. The largest absolute Gasteiger partial charge is 0.398 e. The minimum Gasteiger partial charge on any atom is -0.398 e. The zero-order chi connectivity index (χ0) is 14.8. The third-order valence-corrected chi connectivity index (χ3v) is 5.07. The minimum absolute atomic E-state index is 0.116. The Morgan fingerprint density at radius 1 is 1.50 bits per heavy atom. The Kier molecular flexibility index (Phi) is 4.52. The fraction of sp³-hybridized carbons (Fsp3) is 0.538. The van der Waals surface area contributed by atoms with Crippen LogP contribution in [-0.4, -0.2) is 41.3 Å². The van der Waals surface area contributed by atoms with E-state index in [2.05, 4.69) is 16.5 Å². The number of sulfonamides is 1. The zero-order valence-electron chi connectivity index (χ0n) is 11.8. The van der Waals surface area contributed by atoms with E-state index in [0.29, 0.717) is 19.3 Å². The molecule has 1 aliphatic heterocycles. The van der Waals surface area contributed by atoms with Crippen LogP contribution in [0, 0.1) is 0 Å². The second-order valence-corrected chi connectivity index (χ2v) is 6.62. The van der Waals surface area contributed by atoms with Crippen LogP contribution in [0.25, 0.3) is 0 Å². The molecule has 1 fully saturated rings. The van der Waals surface area contributed by atoms with Gasteiger partial charge >= 0.3 is 0 Å². The van der Waals surface area contributed by atoms with Crippen molar-refractivity contribution in [2.45, 2.75) is 24.3 Å². The van der Waals surface area contributed by atoms with Crippen molar-refractivity contribution in [3.8, 4) is 0 Å². The summed E-state index contributed by atoms with van der Waals surface area (Å²) < 4.78 is 31.4. The van der Waals surface area contributed by atoms with Gasteiger partial charge in [0, 0.05) is 12.2 Å². The second kappa shape index (κ2) is 5.99. The van der Waals surface area contributed by atoms with Gasteiger partial charge in [0.1, 0.15) is 4.90 Å². The number of nitrogen functional groups attached to an aromatic ring is 1. The van der Waals surface area contributed by atoms with Gasteiger partial charge in [-0.2, -0.15) is 0 Å². The predicted molar refractivity (Wildman–Crippen MR) is 79.3 cm³/mol. The lowest BCUT2D eigenvalue weighted by Gasteiger charge is -2.37. The van der Waals surface area contributed by atoms with E-state index in [9.17, 15) is 8.42 Å². The topological polar surface area (TPSA) is 84.7 Å². The summed E-state index contributed by atoms with van der Waals surface area (Å²) >= 11 is 0. The van der Waals surface area contributed by atoms with Gasteiger partial charge in [-0.1, -0.05) is 6.92 Å². The average molecular weight is 299 g/mol. The molecule has 0 bridgehead atoms. The van der Waals surface area contributed by atoms with Crippen LogP contribution in [0.2, 0.25) is 0 Å². The van der Waals surface area contributed by atoms with Crippen molar-refractivity contribution < 1.29 is 13.2 Å². The van der Waals surface area contributed by atoms with E-state index in [-0.39, 0.29) is 10.6 Å². The number of benzene rings is 1. The zero-order valence-corrected chi connectivity index (χ0v) is 12.6. The smallest absolute Gasteiger partial charge is 0.242 e. The van der Waals surface area contributed by atoms with Gasteiger partial charge in [-0.25, -0.2) is 13.1 Å². The molecule has 0 spiro atoms. The normalized spacial score (nSPS) is 20.1. The number of nitrogens with two attached hydrogens (primary N) is 1. The fourth-order valence-corrected chi connectivity index (χ4v) is 3.24. The van der Waals surface area contributed by atoms with Crippen molar-refractivity contribution >= 4 is 21.4 Å². The Hall–Kier alpha value is -1.31. The molecule has 1 atom stereocenters. The first kappa shape index (κ1) is 15.1. The Bertz CT molecular complexity index is 574.